The first-order chi connectivity index (χ1) is 8.99. The van der Waals surface area contributed by atoms with Crippen LogP contribution in [-0.2, 0) is 14.3 Å². The summed E-state index contributed by atoms with van der Waals surface area (Å²) >= 11 is 0. The highest BCUT2D eigenvalue weighted by molar-refractivity contribution is 6.19. The lowest BCUT2D eigenvalue weighted by atomic mass is 10.0. The molecular formula is C15H15NO3. The number of hydrogen-bond acceptors (Lipinski definition) is 4. The Labute approximate surface area is 112 Å². The normalized spacial score (nSPS) is 10.7. The van der Waals surface area contributed by atoms with Crippen LogP contribution in [0.2, 0.25) is 0 Å². The number of benzene rings is 1. The van der Waals surface area contributed by atoms with Gasteiger partial charge in [0, 0.05) is 0 Å². The fourth-order valence-corrected chi connectivity index (χ4v) is 1.56. The van der Waals surface area contributed by atoms with E-state index in [-0.39, 0.29) is 18.0 Å². The molecule has 0 aliphatic carbocycles. The molecule has 1 aromatic rings. The van der Waals surface area contributed by atoms with Crippen LogP contribution in [0.5, 0.6) is 0 Å². The minimum Gasteiger partial charge on any atom is -0.462 e. The highest BCUT2D eigenvalue weighted by Gasteiger charge is 2.16. The van der Waals surface area contributed by atoms with E-state index < -0.39 is 5.97 Å². The lowest BCUT2D eigenvalue weighted by Gasteiger charge is -2.05. The van der Waals surface area contributed by atoms with Crippen molar-refractivity contribution in [2.75, 3.05) is 6.61 Å². The first-order valence-corrected chi connectivity index (χ1v) is 5.90. The van der Waals surface area contributed by atoms with Gasteiger partial charge in [0.25, 0.3) is 0 Å². The van der Waals surface area contributed by atoms with Crippen LogP contribution in [0.3, 0.4) is 0 Å². The van der Waals surface area contributed by atoms with E-state index in [0.29, 0.717) is 11.1 Å². The molecule has 1 aromatic carbocycles. The minimum absolute atomic E-state index is 0.0535. The Morgan fingerprint density at radius 3 is 2.63 bits per heavy atom. The van der Waals surface area contributed by atoms with Gasteiger partial charge in [-0.3, -0.25) is 4.79 Å². The van der Waals surface area contributed by atoms with Gasteiger partial charge >= 0.3 is 5.97 Å². The summed E-state index contributed by atoms with van der Waals surface area (Å²) in [6.45, 7) is 5.03. The number of esters is 1. The van der Waals surface area contributed by atoms with Gasteiger partial charge in [-0.05, 0) is 44.0 Å². The summed E-state index contributed by atoms with van der Waals surface area (Å²) in [4.78, 5) is 23.1. The predicted octanol–water partition coefficient (Wildman–Crippen LogP) is 2.40. The summed E-state index contributed by atoms with van der Waals surface area (Å²) in [5.74, 6) is -1.05. The molecule has 0 radical (unpaired) electrons. The van der Waals surface area contributed by atoms with Crippen molar-refractivity contribution in [3.8, 4) is 6.07 Å². The molecular weight excluding hydrogens is 242 g/mol. The molecule has 0 N–H and O–H groups in total. The number of Topliss-reactive ketones (excluding diaryl/α,β-unsaturated/α-hetero) is 1. The smallest absolute Gasteiger partial charge is 0.341 e. The number of carbonyl (C=O) groups is 2. The van der Waals surface area contributed by atoms with Crippen molar-refractivity contribution in [1.29, 1.82) is 5.26 Å². The molecule has 0 heterocycles. The van der Waals surface area contributed by atoms with Gasteiger partial charge in [-0.25, -0.2) is 4.79 Å². The van der Waals surface area contributed by atoms with Crippen LogP contribution in [0.25, 0.3) is 6.08 Å². The number of hydrogen-bond donors (Lipinski definition) is 0. The van der Waals surface area contributed by atoms with Crippen LogP contribution in [0, 0.1) is 18.3 Å². The largest absolute Gasteiger partial charge is 0.462 e. The van der Waals surface area contributed by atoms with E-state index in [0.717, 1.165) is 5.56 Å². The van der Waals surface area contributed by atoms with Gasteiger partial charge in [-0.1, -0.05) is 12.1 Å². The fourth-order valence-electron chi connectivity index (χ4n) is 1.56. The zero-order valence-electron chi connectivity index (χ0n) is 11.2. The van der Waals surface area contributed by atoms with Crippen molar-refractivity contribution >= 4 is 17.8 Å². The quantitative estimate of drug-likeness (QED) is 0.359. The number of aryl methyl sites for hydroxylation is 1. The third-order valence-corrected chi connectivity index (χ3v) is 2.50. The van der Waals surface area contributed by atoms with Crippen molar-refractivity contribution in [2.24, 2.45) is 0 Å². The number of rotatable bonds is 4. The molecule has 0 spiro atoms. The topological polar surface area (TPSA) is 67.2 Å². The molecule has 0 aromatic heterocycles. The zero-order chi connectivity index (χ0) is 14.4. The molecule has 0 aliphatic rings. The van der Waals surface area contributed by atoms with E-state index in [2.05, 4.69) is 0 Å². The first-order valence-electron chi connectivity index (χ1n) is 5.90. The van der Waals surface area contributed by atoms with Gasteiger partial charge in [-0.15, -0.1) is 0 Å². The van der Waals surface area contributed by atoms with Crippen LogP contribution in [0.4, 0.5) is 0 Å². The van der Waals surface area contributed by atoms with Crippen molar-refractivity contribution in [1.82, 2.24) is 0 Å². The molecule has 0 saturated heterocycles. The Kier molecular flexibility index (Phi) is 5.01. The highest BCUT2D eigenvalue weighted by Crippen LogP contribution is 2.16. The minimum atomic E-state index is -0.667. The molecule has 4 heteroatoms. The maximum Gasteiger partial charge on any atom is 0.341 e. The maximum absolute atomic E-state index is 11.7. The van der Waals surface area contributed by atoms with Gasteiger partial charge in [0.15, 0.2) is 5.78 Å². The molecule has 0 aliphatic heterocycles. The van der Waals surface area contributed by atoms with Crippen molar-refractivity contribution < 1.29 is 14.3 Å². The van der Waals surface area contributed by atoms with Crippen LogP contribution >= 0.6 is 0 Å². The Balaban J connectivity index is 3.27. The number of ether oxygens (including phenoxy) is 1. The summed E-state index contributed by atoms with van der Waals surface area (Å²) < 4.78 is 4.82. The Bertz CT molecular complexity index is 580. The van der Waals surface area contributed by atoms with Crippen molar-refractivity contribution in [3.63, 3.8) is 0 Å². The molecule has 1 rings (SSSR count). The second-order valence-corrected chi connectivity index (χ2v) is 4.04. The lowest BCUT2D eigenvalue weighted by molar-refractivity contribution is -0.139. The van der Waals surface area contributed by atoms with Gasteiger partial charge < -0.3 is 4.74 Å². The average molecular weight is 257 g/mol. The van der Waals surface area contributed by atoms with Crippen LogP contribution in [0.15, 0.2) is 23.8 Å². The number of nitriles is 1. The summed E-state index contributed by atoms with van der Waals surface area (Å²) in [5.41, 5.74) is 1.84. The monoisotopic (exact) mass is 257 g/mol. The molecule has 4 nitrogen and oxygen atoms in total. The maximum atomic E-state index is 11.7. The molecule has 98 valence electrons. The second-order valence-electron chi connectivity index (χ2n) is 4.04. The summed E-state index contributed by atoms with van der Waals surface area (Å²) in [6.07, 6.45) is 1.40. The molecule has 0 bridgehead atoms. The number of nitrogens with zero attached hydrogens (tertiary/aromatic N) is 1. The van der Waals surface area contributed by atoms with E-state index in [9.17, 15) is 9.59 Å². The molecule has 0 unspecified atom stereocenters. The average Bonchev–Trinajstić information content (AvgIpc) is 2.36. The molecule has 0 fully saturated rings. The van der Waals surface area contributed by atoms with Gasteiger partial charge in [0.2, 0.25) is 0 Å². The van der Waals surface area contributed by atoms with Gasteiger partial charge in [-0.2, -0.15) is 5.26 Å². The van der Waals surface area contributed by atoms with Crippen molar-refractivity contribution in [3.05, 3.63) is 40.5 Å². The predicted molar refractivity (Wildman–Crippen MR) is 71.2 cm³/mol. The van der Waals surface area contributed by atoms with Crippen LogP contribution < -0.4 is 0 Å². The van der Waals surface area contributed by atoms with E-state index >= 15 is 0 Å². The Morgan fingerprint density at radius 1 is 1.42 bits per heavy atom. The second kappa shape index (κ2) is 6.50. The Hall–Kier alpha value is -2.41. The first kappa shape index (κ1) is 14.7. The van der Waals surface area contributed by atoms with Crippen LogP contribution in [0.1, 0.15) is 30.5 Å². The zero-order valence-corrected chi connectivity index (χ0v) is 11.2. The standard InChI is InChI=1S/C15H15NO3/c1-4-19-15(18)14(11(3)17)8-12-6-5-10(2)7-13(12)9-16/h5-8H,4H2,1-3H3/b14-8-. The van der Waals surface area contributed by atoms with Gasteiger partial charge in [0.05, 0.1) is 18.2 Å². The van der Waals surface area contributed by atoms with E-state index in [1.807, 2.05) is 19.1 Å². The van der Waals surface area contributed by atoms with Gasteiger partial charge in [0.1, 0.15) is 5.57 Å². The summed E-state index contributed by atoms with van der Waals surface area (Å²) in [7, 11) is 0. The third kappa shape index (κ3) is 3.78. The molecule has 0 atom stereocenters. The third-order valence-electron chi connectivity index (χ3n) is 2.50. The van der Waals surface area contributed by atoms with Crippen LogP contribution in [-0.4, -0.2) is 18.4 Å². The summed E-state index contributed by atoms with van der Waals surface area (Å²) in [5, 5.41) is 9.06. The van der Waals surface area contributed by atoms with Crippen molar-refractivity contribution in [2.45, 2.75) is 20.8 Å². The fraction of sp³-hybridized carbons (Fsp3) is 0.267. The molecule has 0 amide bonds. The molecule has 19 heavy (non-hydrogen) atoms. The Morgan fingerprint density at radius 2 is 2.11 bits per heavy atom. The summed E-state index contributed by atoms with van der Waals surface area (Å²) in [6, 6.07) is 7.27. The lowest BCUT2D eigenvalue weighted by Crippen LogP contribution is -2.13. The van der Waals surface area contributed by atoms with E-state index in [4.69, 9.17) is 10.00 Å². The van der Waals surface area contributed by atoms with E-state index in [1.165, 1.54) is 13.0 Å². The molecule has 0 saturated carbocycles. The SMILES string of the molecule is CCOC(=O)/C(=C\c1ccc(C)cc1C#N)C(C)=O. The highest BCUT2D eigenvalue weighted by atomic mass is 16.5. The van der Waals surface area contributed by atoms with E-state index in [1.54, 1.807) is 19.1 Å². The number of ketones is 1. The number of carbonyl (C=O) groups excluding carboxylic acids is 2.